The zero-order chi connectivity index (χ0) is 13.0. The smallest absolute Gasteiger partial charge is 0.225 e. The van der Waals surface area contributed by atoms with Gasteiger partial charge in [0.25, 0.3) is 0 Å². The van der Waals surface area contributed by atoms with Crippen LogP contribution in [0.25, 0.3) is 0 Å². The Bertz CT molecular complexity index is 419. The third kappa shape index (κ3) is 3.07. The van der Waals surface area contributed by atoms with E-state index < -0.39 is 0 Å². The van der Waals surface area contributed by atoms with Gasteiger partial charge in [0.05, 0.1) is 17.1 Å². The van der Waals surface area contributed by atoms with Gasteiger partial charge in [-0.05, 0) is 6.92 Å². The van der Waals surface area contributed by atoms with Crippen molar-refractivity contribution in [1.29, 1.82) is 0 Å². The van der Waals surface area contributed by atoms with Gasteiger partial charge < -0.3 is 10.2 Å². The van der Waals surface area contributed by atoms with Gasteiger partial charge in [0.2, 0.25) is 11.8 Å². The molecule has 1 atom stereocenters. The van der Waals surface area contributed by atoms with Crippen molar-refractivity contribution in [3.05, 3.63) is 16.6 Å². The Morgan fingerprint density at radius 2 is 2.50 bits per heavy atom. The van der Waals surface area contributed by atoms with Crippen LogP contribution in [0, 0.1) is 5.92 Å². The highest BCUT2D eigenvalue weighted by Gasteiger charge is 2.32. The second-order valence-electron chi connectivity index (χ2n) is 4.35. The quantitative estimate of drug-likeness (QED) is 0.853. The summed E-state index contributed by atoms with van der Waals surface area (Å²) >= 11 is 1.55. The Hall–Kier alpha value is -1.43. The van der Waals surface area contributed by atoms with E-state index in [0.29, 0.717) is 26.1 Å². The number of likely N-dealkylation sites (tertiary alicyclic amines) is 1. The molecule has 6 heteroatoms. The van der Waals surface area contributed by atoms with Gasteiger partial charge in [-0.1, -0.05) is 0 Å². The molecule has 1 fully saturated rings. The fraction of sp³-hybridized carbons (Fsp3) is 0.583. The van der Waals surface area contributed by atoms with Crippen molar-refractivity contribution in [2.75, 3.05) is 19.6 Å². The lowest BCUT2D eigenvalue weighted by atomic mass is 10.1. The third-order valence-corrected chi connectivity index (χ3v) is 3.77. The molecule has 2 rings (SSSR count). The monoisotopic (exact) mass is 267 g/mol. The summed E-state index contributed by atoms with van der Waals surface area (Å²) in [6.07, 6.45) is 1.09. The highest BCUT2D eigenvalue weighted by Crippen LogP contribution is 2.17. The van der Waals surface area contributed by atoms with E-state index in [9.17, 15) is 9.59 Å². The normalized spacial score (nSPS) is 19.3. The van der Waals surface area contributed by atoms with Crippen molar-refractivity contribution in [1.82, 2.24) is 15.2 Å². The van der Waals surface area contributed by atoms with E-state index in [2.05, 4.69) is 10.3 Å². The maximum absolute atomic E-state index is 11.9. The largest absolute Gasteiger partial charge is 0.355 e. The van der Waals surface area contributed by atoms with Crippen LogP contribution >= 0.6 is 11.3 Å². The number of carbonyl (C=O) groups is 2. The molecule has 1 aliphatic rings. The lowest BCUT2D eigenvalue weighted by Gasteiger charge is -2.13. The van der Waals surface area contributed by atoms with Crippen LogP contribution in [0.3, 0.4) is 0 Å². The van der Waals surface area contributed by atoms with Crippen LogP contribution in [0.2, 0.25) is 0 Å². The SMILES string of the molecule is CCN1C[C@H](C(=O)NCCc2cscn2)CC1=O. The maximum Gasteiger partial charge on any atom is 0.225 e. The predicted octanol–water partition coefficient (Wildman–Crippen LogP) is 0.670. The molecule has 1 aliphatic heterocycles. The van der Waals surface area contributed by atoms with Gasteiger partial charge in [-0.3, -0.25) is 9.59 Å². The minimum atomic E-state index is -0.187. The first kappa shape index (κ1) is 13.0. The van der Waals surface area contributed by atoms with Crippen LogP contribution < -0.4 is 5.32 Å². The number of rotatable bonds is 5. The van der Waals surface area contributed by atoms with Crippen molar-refractivity contribution in [2.45, 2.75) is 19.8 Å². The van der Waals surface area contributed by atoms with E-state index in [4.69, 9.17) is 0 Å². The van der Waals surface area contributed by atoms with Gasteiger partial charge in [-0.15, -0.1) is 11.3 Å². The van der Waals surface area contributed by atoms with Gasteiger partial charge >= 0.3 is 0 Å². The van der Waals surface area contributed by atoms with E-state index >= 15 is 0 Å². The van der Waals surface area contributed by atoms with Gasteiger partial charge in [0, 0.05) is 37.9 Å². The average Bonchev–Trinajstić information content (AvgIpc) is 2.98. The van der Waals surface area contributed by atoms with Gasteiger partial charge in [0.1, 0.15) is 0 Å². The van der Waals surface area contributed by atoms with Gasteiger partial charge in [-0.2, -0.15) is 0 Å². The van der Waals surface area contributed by atoms with Crippen molar-refractivity contribution >= 4 is 23.2 Å². The lowest BCUT2D eigenvalue weighted by molar-refractivity contribution is -0.128. The third-order valence-electron chi connectivity index (χ3n) is 3.13. The number of hydrogen-bond acceptors (Lipinski definition) is 4. The van der Waals surface area contributed by atoms with Crippen molar-refractivity contribution in [2.24, 2.45) is 5.92 Å². The predicted molar refractivity (Wildman–Crippen MR) is 69.2 cm³/mol. The van der Waals surface area contributed by atoms with E-state index in [1.165, 1.54) is 0 Å². The van der Waals surface area contributed by atoms with E-state index in [0.717, 1.165) is 12.1 Å². The Balaban J connectivity index is 1.74. The summed E-state index contributed by atoms with van der Waals surface area (Å²) in [5, 5.41) is 4.85. The Kier molecular flexibility index (Phi) is 4.30. The number of nitrogens with zero attached hydrogens (tertiary/aromatic N) is 2. The summed E-state index contributed by atoms with van der Waals surface area (Å²) in [6, 6.07) is 0. The van der Waals surface area contributed by atoms with Gasteiger partial charge in [-0.25, -0.2) is 4.98 Å². The molecule has 0 saturated carbocycles. The molecular weight excluding hydrogens is 250 g/mol. The molecule has 18 heavy (non-hydrogen) atoms. The standard InChI is InChI=1S/C12H17N3O2S/c1-2-15-6-9(5-11(15)16)12(17)13-4-3-10-7-18-8-14-10/h7-9H,2-6H2,1H3,(H,13,17)/t9-/m1/s1. The van der Waals surface area contributed by atoms with E-state index in [1.54, 1.807) is 21.7 Å². The number of amides is 2. The molecular formula is C12H17N3O2S. The van der Waals surface area contributed by atoms with Crippen LogP contribution in [0.15, 0.2) is 10.9 Å². The zero-order valence-corrected chi connectivity index (χ0v) is 11.2. The summed E-state index contributed by atoms with van der Waals surface area (Å²) in [7, 11) is 0. The lowest BCUT2D eigenvalue weighted by Crippen LogP contribution is -2.34. The maximum atomic E-state index is 11.9. The van der Waals surface area contributed by atoms with Crippen LogP contribution in [0.1, 0.15) is 19.0 Å². The molecule has 2 amide bonds. The first-order valence-corrected chi connectivity index (χ1v) is 7.07. The molecule has 5 nitrogen and oxygen atoms in total. The molecule has 0 bridgehead atoms. The van der Waals surface area contributed by atoms with Crippen LogP contribution in [0.4, 0.5) is 0 Å². The highest BCUT2D eigenvalue weighted by atomic mass is 32.1. The Morgan fingerprint density at radius 1 is 1.67 bits per heavy atom. The minimum absolute atomic E-state index is 0.0190. The Labute approximate surface area is 110 Å². The van der Waals surface area contributed by atoms with Crippen molar-refractivity contribution < 1.29 is 9.59 Å². The molecule has 0 aromatic carbocycles. The number of aromatic nitrogens is 1. The van der Waals surface area contributed by atoms with Crippen molar-refractivity contribution in [3.8, 4) is 0 Å². The van der Waals surface area contributed by atoms with E-state index in [-0.39, 0.29) is 17.7 Å². The fourth-order valence-corrected chi connectivity index (χ4v) is 2.67. The van der Waals surface area contributed by atoms with Crippen molar-refractivity contribution in [3.63, 3.8) is 0 Å². The summed E-state index contributed by atoms with van der Waals surface area (Å²) in [6.45, 7) is 3.75. The summed E-state index contributed by atoms with van der Waals surface area (Å²) in [5.74, 6) is -0.125. The molecule has 0 unspecified atom stereocenters. The first-order valence-electron chi connectivity index (χ1n) is 6.13. The summed E-state index contributed by atoms with van der Waals surface area (Å²) in [5.41, 5.74) is 2.78. The minimum Gasteiger partial charge on any atom is -0.355 e. The average molecular weight is 267 g/mol. The zero-order valence-electron chi connectivity index (χ0n) is 10.4. The van der Waals surface area contributed by atoms with Gasteiger partial charge in [0.15, 0.2) is 0 Å². The number of thiazole rings is 1. The topological polar surface area (TPSA) is 62.3 Å². The summed E-state index contributed by atoms with van der Waals surface area (Å²) in [4.78, 5) is 29.3. The number of hydrogen-bond donors (Lipinski definition) is 1. The highest BCUT2D eigenvalue weighted by molar-refractivity contribution is 7.07. The van der Waals surface area contributed by atoms with Crippen LogP contribution in [-0.4, -0.2) is 41.3 Å². The molecule has 0 spiro atoms. The molecule has 1 aromatic rings. The number of carbonyl (C=O) groups excluding carboxylic acids is 2. The second-order valence-corrected chi connectivity index (χ2v) is 5.07. The molecule has 1 N–H and O–H groups in total. The molecule has 1 saturated heterocycles. The molecule has 0 aliphatic carbocycles. The molecule has 98 valence electrons. The molecule has 1 aromatic heterocycles. The summed E-state index contributed by atoms with van der Waals surface area (Å²) < 4.78 is 0. The molecule has 0 radical (unpaired) electrons. The van der Waals surface area contributed by atoms with Crippen LogP contribution in [-0.2, 0) is 16.0 Å². The van der Waals surface area contributed by atoms with Crippen LogP contribution in [0.5, 0.6) is 0 Å². The molecule has 2 heterocycles. The van der Waals surface area contributed by atoms with E-state index in [1.807, 2.05) is 12.3 Å². The number of nitrogens with one attached hydrogen (secondary N) is 1. The second kappa shape index (κ2) is 5.95. The Morgan fingerprint density at radius 3 is 3.11 bits per heavy atom. The first-order chi connectivity index (χ1) is 8.70. The fourth-order valence-electron chi connectivity index (χ4n) is 2.07.